The highest BCUT2D eigenvalue weighted by molar-refractivity contribution is 6.17. The third-order valence-corrected chi connectivity index (χ3v) is 4.65. The van der Waals surface area contributed by atoms with Gasteiger partial charge in [0.1, 0.15) is 0 Å². The number of nitrogens with zero attached hydrogens (tertiary/aromatic N) is 1. The van der Waals surface area contributed by atoms with Gasteiger partial charge < -0.3 is 4.90 Å². The Morgan fingerprint density at radius 3 is 3.00 bits per heavy atom. The van der Waals surface area contributed by atoms with Crippen molar-refractivity contribution >= 4 is 17.5 Å². The number of halogens is 1. The summed E-state index contributed by atoms with van der Waals surface area (Å²) in [5.74, 6) is 1.49. The molecule has 2 nitrogen and oxygen atoms in total. The second-order valence-corrected chi connectivity index (χ2v) is 6.10. The van der Waals surface area contributed by atoms with Gasteiger partial charge in [-0.3, -0.25) is 4.79 Å². The predicted molar refractivity (Wildman–Crippen MR) is 77.8 cm³/mol. The fraction of sp³-hybridized carbons (Fsp3) is 0.562. The molecule has 3 rings (SSSR count). The first-order chi connectivity index (χ1) is 9.28. The Kier molecular flexibility index (Phi) is 3.79. The zero-order chi connectivity index (χ0) is 13.2. The Hall–Kier alpha value is -1.02. The van der Waals surface area contributed by atoms with Gasteiger partial charge >= 0.3 is 0 Å². The third-order valence-electron chi connectivity index (χ3n) is 4.44. The van der Waals surface area contributed by atoms with Crippen LogP contribution in [0, 0.1) is 5.92 Å². The number of hydrogen-bond acceptors (Lipinski definition) is 1. The predicted octanol–water partition coefficient (Wildman–Crippen LogP) is 3.27. The van der Waals surface area contributed by atoms with Crippen LogP contribution in [0.4, 0.5) is 0 Å². The van der Waals surface area contributed by atoms with E-state index in [4.69, 9.17) is 11.6 Å². The van der Waals surface area contributed by atoms with Crippen LogP contribution in [-0.2, 0) is 12.8 Å². The lowest BCUT2D eigenvalue weighted by Crippen LogP contribution is -2.28. The molecule has 1 amide bonds. The van der Waals surface area contributed by atoms with Crippen molar-refractivity contribution in [3.8, 4) is 0 Å². The average Bonchev–Trinajstić information content (AvgIpc) is 3.05. The molecular weight excluding hydrogens is 258 g/mol. The van der Waals surface area contributed by atoms with Gasteiger partial charge in [-0.15, -0.1) is 11.6 Å². The number of fused-ring (bicyclic) bond motifs is 1. The van der Waals surface area contributed by atoms with E-state index in [0.717, 1.165) is 37.9 Å². The molecule has 102 valence electrons. The maximum atomic E-state index is 12.5. The van der Waals surface area contributed by atoms with Crippen LogP contribution in [0.3, 0.4) is 0 Å². The number of hydrogen-bond donors (Lipinski definition) is 0. The molecule has 19 heavy (non-hydrogen) atoms. The van der Waals surface area contributed by atoms with Crippen LogP contribution in [0.5, 0.6) is 0 Å². The van der Waals surface area contributed by atoms with Crippen molar-refractivity contribution in [3.05, 3.63) is 34.9 Å². The maximum Gasteiger partial charge on any atom is 0.253 e. The topological polar surface area (TPSA) is 20.3 Å². The molecule has 1 aromatic carbocycles. The van der Waals surface area contributed by atoms with E-state index in [1.807, 2.05) is 11.0 Å². The number of carbonyl (C=O) groups is 1. The van der Waals surface area contributed by atoms with Crippen molar-refractivity contribution < 1.29 is 4.79 Å². The molecule has 1 aromatic rings. The van der Waals surface area contributed by atoms with Crippen LogP contribution in [0.25, 0.3) is 0 Å². The average molecular weight is 278 g/mol. The molecule has 1 unspecified atom stereocenters. The number of alkyl halides is 1. The van der Waals surface area contributed by atoms with Crippen molar-refractivity contribution in [1.29, 1.82) is 0 Å². The molecule has 1 saturated heterocycles. The van der Waals surface area contributed by atoms with Crippen molar-refractivity contribution in [2.75, 3.05) is 19.0 Å². The Balaban J connectivity index is 1.71. The molecule has 0 spiro atoms. The zero-order valence-electron chi connectivity index (χ0n) is 11.2. The fourth-order valence-electron chi connectivity index (χ4n) is 3.29. The minimum Gasteiger partial charge on any atom is -0.338 e. The summed E-state index contributed by atoms with van der Waals surface area (Å²) in [5.41, 5.74) is 3.67. The summed E-state index contributed by atoms with van der Waals surface area (Å²) in [7, 11) is 0. The van der Waals surface area contributed by atoms with Crippen molar-refractivity contribution in [2.45, 2.75) is 32.1 Å². The standard InChI is InChI=1S/C16H20ClNO/c17-8-6-12-7-9-18(11-12)16(19)15-5-4-13-2-1-3-14(13)10-15/h4-5,10,12H,1-3,6-9,11H2. The quantitative estimate of drug-likeness (QED) is 0.777. The van der Waals surface area contributed by atoms with Crippen LogP contribution in [0.15, 0.2) is 18.2 Å². The fourth-order valence-corrected chi connectivity index (χ4v) is 3.60. The van der Waals surface area contributed by atoms with Gasteiger partial charge in [-0.05, 0) is 61.3 Å². The van der Waals surface area contributed by atoms with Crippen molar-refractivity contribution in [2.24, 2.45) is 5.92 Å². The van der Waals surface area contributed by atoms with Crippen molar-refractivity contribution in [3.63, 3.8) is 0 Å². The van der Waals surface area contributed by atoms with Gasteiger partial charge in [-0.2, -0.15) is 0 Å². The molecule has 0 radical (unpaired) electrons. The zero-order valence-corrected chi connectivity index (χ0v) is 12.0. The molecule has 0 saturated carbocycles. The van der Waals surface area contributed by atoms with E-state index in [1.165, 1.54) is 24.0 Å². The molecule has 2 aliphatic rings. The molecule has 0 N–H and O–H groups in total. The van der Waals surface area contributed by atoms with Gasteiger partial charge in [0.05, 0.1) is 0 Å². The lowest BCUT2D eigenvalue weighted by Gasteiger charge is -2.17. The number of rotatable bonds is 3. The molecule has 0 aromatic heterocycles. The highest BCUT2D eigenvalue weighted by Crippen LogP contribution is 2.25. The Morgan fingerprint density at radius 1 is 1.32 bits per heavy atom. The monoisotopic (exact) mass is 277 g/mol. The summed E-state index contributed by atoms with van der Waals surface area (Å²) in [6, 6.07) is 6.25. The molecule has 1 aliphatic carbocycles. The van der Waals surface area contributed by atoms with E-state index in [-0.39, 0.29) is 5.91 Å². The summed E-state index contributed by atoms with van der Waals surface area (Å²) < 4.78 is 0. The van der Waals surface area contributed by atoms with Crippen LogP contribution in [0.2, 0.25) is 0 Å². The first-order valence-electron chi connectivity index (χ1n) is 7.25. The molecule has 1 heterocycles. The van der Waals surface area contributed by atoms with E-state index in [2.05, 4.69) is 12.1 Å². The molecule has 1 fully saturated rings. The Bertz CT molecular complexity index is 486. The van der Waals surface area contributed by atoms with E-state index in [9.17, 15) is 4.79 Å². The molecule has 1 atom stereocenters. The van der Waals surface area contributed by atoms with Gasteiger partial charge in [0.2, 0.25) is 0 Å². The van der Waals surface area contributed by atoms with E-state index >= 15 is 0 Å². The van der Waals surface area contributed by atoms with Crippen LogP contribution < -0.4 is 0 Å². The first kappa shape index (κ1) is 13.0. The smallest absolute Gasteiger partial charge is 0.253 e. The van der Waals surface area contributed by atoms with E-state index in [1.54, 1.807) is 0 Å². The summed E-state index contributed by atoms with van der Waals surface area (Å²) in [4.78, 5) is 14.5. The van der Waals surface area contributed by atoms with Crippen molar-refractivity contribution in [1.82, 2.24) is 4.90 Å². The second kappa shape index (κ2) is 5.54. The van der Waals surface area contributed by atoms with Crippen LogP contribution in [-0.4, -0.2) is 29.8 Å². The van der Waals surface area contributed by atoms with Gasteiger partial charge in [0.25, 0.3) is 5.91 Å². The SMILES string of the molecule is O=C(c1ccc2c(c1)CCC2)N1CCC(CCCl)C1. The minimum atomic E-state index is 0.201. The number of amides is 1. The molecule has 1 aliphatic heterocycles. The maximum absolute atomic E-state index is 12.5. The molecular formula is C16H20ClNO. The summed E-state index contributed by atoms with van der Waals surface area (Å²) >= 11 is 5.79. The van der Waals surface area contributed by atoms with E-state index < -0.39 is 0 Å². The van der Waals surface area contributed by atoms with Crippen LogP contribution in [0.1, 0.15) is 40.7 Å². The minimum absolute atomic E-state index is 0.201. The third kappa shape index (κ3) is 2.64. The van der Waals surface area contributed by atoms with E-state index in [0.29, 0.717) is 11.8 Å². The number of benzene rings is 1. The first-order valence-corrected chi connectivity index (χ1v) is 7.78. The number of carbonyl (C=O) groups excluding carboxylic acids is 1. The highest BCUT2D eigenvalue weighted by Gasteiger charge is 2.27. The summed E-state index contributed by atoms with van der Waals surface area (Å²) in [6.45, 7) is 1.76. The van der Waals surface area contributed by atoms with Gasteiger partial charge in [-0.25, -0.2) is 0 Å². The lowest BCUT2D eigenvalue weighted by atomic mass is 10.1. The van der Waals surface area contributed by atoms with Gasteiger partial charge in [0.15, 0.2) is 0 Å². The second-order valence-electron chi connectivity index (χ2n) is 5.72. The van der Waals surface area contributed by atoms with Gasteiger partial charge in [-0.1, -0.05) is 6.07 Å². The largest absolute Gasteiger partial charge is 0.338 e. The number of likely N-dealkylation sites (tertiary alicyclic amines) is 1. The Morgan fingerprint density at radius 2 is 2.16 bits per heavy atom. The molecule has 3 heteroatoms. The number of aryl methyl sites for hydroxylation is 2. The molecule has 0 bridgehead atoms. The van der Waals surface area contributed by atoms with Crippen LogP contribution >= 0.6 is 11.6 Å². The summed E-state index contributed by atoms with van der Waals surface area (Å²) in [6.07, 6.45) is 5.66. The highest BCUT2D eigenvalue weighted by atomic mass is 35.5. The van der Waals surface area contributed by atoms with Gasteiger partial charge in [0, 0.05) is 24.5 Å². The lowest BCUT2D eigenvalue weighted by molar-refractivity contribution is 0.0787. The summed E-state index contributed by atoms with van der Waals surface area (Å²) in [5, 5.41) is 0. The normalized spacial score (nSPS) is 21.7. The Labute approximate surface area is 119 Å².